The van der Waals surface area contributed by atoms with E-state index in [0.717, 1.165) is 29.9 Å². The van der Waals surface area contributed by atoms with E-state index < -0.39 is 0 Å². The Bertz CT molecular complexity index is 517. The van der Waals surface area contributed by atoms with Crippen LogP contribution >= 0.6 is 0 Å². The fraction of sp³-hybridized carbons (Fsp3) is 0.462. The topological polar surface area (TPSA) is 41.3 Å². The molecule has 0 saturated heterocycles. The van der Waals surface area contributed by atoms with Gasteiger partial charge in [-0.05, 0) is 38.7 Å². The van der Waals surface area contributed by atoms with Crippen molar-refractivity contribution in [3.8, 4) is 0 Å². The average Bonchev–Trinajstić information content (AvgIpc) is 2.63. The Morgan fingerprint density at radius 3 is 2.76 bits per heavy atom. The van der Waals surface area contributed by atoms with Gasteiger partial charge in [-0.25, -0.2) is 4.98 Å². The minimum Gasteiger partial charge on any atom is -0.388 e. The first-order valence-electron chi connectivity index (χ1n) is 5.83. The first-order valence-corrected chi connectivity index (χ1v) is 5.83. The number of fused-ring (bicyclic) bond motifs is 1. The number of imidazole rings is 1. The fourth-order valence-corrected chi connectivity index (χ4v) is 1.96. The first kappa shape index (κ1) is 12.1. The third-order valence-corrected chi connectivity index (χ3v) is 2.90. The van der Waals surface area contributed by atoms with Gasteiger partial charge in [-0.15, -0.1) is 0 Å². The number of hydrogen-bond donors (Lipinski definition) is 1. The number of aryl methyl sites for hydroxylation is 1. The van der Waals surface area contributed by atoms with Crippen molar-refractivity contribution in [3.63, 3.8) is 0 Å². The van der Waals surface area contributed by atoms with Gasteiger partial charge in [0, 0.05) is 13.1 Å². The SMILES string of the molecule is Cc1ccc2c(c1)nc(CO)n2CCN(C)C. The highest BCUT2D eigenvalue weighted by atomic mass is 16.3. The Kier molecular flexibility index (Phi) is 3.45. The Morgan fingerprint density at radius 2 is 2.12 bits per heavy atom. The van der Waals surface area contributed by atoms with E-state index in [0.29, 0.717) is 0 Å². The van der Waals surface area contributed by atoms with E-state index in [-0.39, 0.29) is 6.61 Å². The van der Waals surface area contributed by atoms with E-state index >= 15 is 0 Å². The molecular weight excluding hydrogens is 214 g/mol. The van der Waals surface area contributed by atoms with E-state index in [1.54, 1.807) is 0 Å². The van der Waals surface area contributed by atoms with Gasteiger partial charge < -0.3 is 14.6 Å². The molecular formula is C13H19N3O. The highest BCUT2D eigenvalue weighted by Gasteiger charge is 2.09. The van der Waals surface area contributed by atoms with E-state index in [2.05, 4.69) is 39.6 Å². The molecule has 2 aromatic rings. The summed E-state index contributed by atoms with van der Waals surface area (Å²) in [5.41, 5.74) is 3.26. The largest absolute Gasteiger partial charge is 0.388 e. The number of aromatic nitrogens is 2. The lowest BCUT2D eigenvalue weighted by Crippen LogP contribution is -2.19. The number of rotatable bonds is 4. The van der Waals surface area contributed by atoms with Crippen molar-refractivity contribution < 1.29 is 5.11 Å². The summed E-state index contributed by atoms with van der Waals surface area (Å²) >= 11 is 0. The first-order chi connectivity index (χ1) is 8.11. The van der Waals surface area contributed by atoms with Crippen LogP contribution in [0.5, 0.6) is 0 Å². The maximum Gasteiger partial charge on any atom is 0.135 e. The second-order valence-corrected chi connectivity index (χ2v) is 4.63. The lowest BCUT2D eigenvalue weighted by atomic mass is 10.2. The maximum absolute atomic E-state index is 9.36. The van der Waals surface area contributed by atoms with Crippen LogP contribution in [0, 0.1) is 6.92 Å². The molecule has 0 atom stereocenters. The predicted molar refractivity (Wildman–Crippen MR) is 68.9 cm³/mol. The van der Waals surface area contributed by atoms with Crippen molar-refractivity contribution in [1.29, 1.82) is 0 Å². The lowest BCUT2D eigenvalue weighted by Gasteiger charge is -2.12. The predicted octanol–water partition coefficient (Wildman–Crippen LogP) is 1.40. The number of aliphatic hydroxyl groups is 1. The zero-order chi connectivity index (χ0) is 12.4. The Morgan fingerprint density at radius 1 is 1.35 bits per heavy atom. The summed E-state index contributed by atoms with van der Waals surface area (Å²) in [6, 6.07) is 6.21. The highest BCUT2D eigenvalue weighted by Crippen LogP contribution is 2.17. The van der Waals surface area contributed by atoms with Crippen molar-refractivity contribution >= 4 is 11.0 Å². The zero-order valence-electron chi connectivity index (χ0n) is 10.6. The highest BCUT2D eigenvalue weighted by molar-refractivity contribution is 5.76. The van der Waals surface area contributed by atoms with Crippen LogP contribution in [0.25, 0.3) is 11.0 Å². The van der Waals surface area contributed by atoms with E-state index in [1.165, 1.54) is 5.56 Å². The van der Waals surface area contributed by atoms with Gasteiger partial charge in [0.1, 0.15) is 12.4 Å². The second-order valence-electron chi connectivity index (χ2n) is 4.63. The zero-order valence-corrected chi connectivity index (χ0v) is 10.6. The molecule has 0 unspecified atom stereocenters. The second kappa shape index (κ2) is 4.85. The van der Waals surface area contributed by atoms with Gasteiger partial charge in [-0.1, -0.05) is 6.07 Å². The fourth-order valence-electron chi connectivity index (χ4n) is 1.96. The summed E-state index contributed by atoms with van der Waals surface area (Å²) in [6.45, 7) is 3.83. The Hall–Kier alpha value is -1.39. The molecule has 0 radical (unpaired) electrons. The van der Waals surface area contributed by atoms with Crippen LogP contribution in [0.1, 0.15) is 11.4 Å². The summed E-state index contributed by atoms with van der Waals surface area (Å²) in [4.78, 5) is 6.59. The third kappa shape index (κ3) is 2.48. The molecule has 2 rings (SSSR count). The summed E-state index contributed by atoms with van der Waals surface area (Å²) < 4.78 is 2.09. The molecule has 0 aliphatic heterocycles. The normalized spacial score (nSPS) is 11.6. The lowest BCUT2D eigenvalue weighted by molar-refractivity contribution is 0.263. The minimum absolute atomic E-state index is 0.0127. The van der Waals surface area contributed by atoms with Crippen molar-refractivity contribution in [1.82, 2.24) is 14.5 Å². The van der Waals surface area contributed by atoms with Gasteiger partial charge in [-0.3, -0.25) is 0 Å². The van der Waals surface area contributed by atoms with Crippen molar-refractivity contribution in [2.75, 3.05) is 20.6 Å². The number of aliphatic hydroxyl groups excluding tert-OH is 1. The maximum atomic E-state index is 9.36. The number of hydrogen-bond acceptors (Lipinski definition) is 3. The van der Waals surface area contributed by atoms with Gasteiger partial charge in [-0.2, -0.15) is 0 Å². The molecule has 0 aliphatic carbocycles. The molecule has 1 aromatic heterocycles. The Balaban J connectivity index is 2.43. The molecule has 1 heterocycles. The third-order valence-electron chi connectivity index (χ3n) is 2.90. The molecule has 1 aromatic carbocycles. The standard InChI is InChI=1S/C13H19N3O/c1-10-4-5-12-11(8-10)14-13(9-17)16(12)7-6-15(2)3/h4-5,8,17H,6-7,9H2,1-3H3. The smallest absolute Gasteiger partial charge is 0.135 e. The summed E-state index contributed by atoms with van der Waals surface area (Å²) in [7, 11) is 4.09. The van der Waals surface area contributed by atoms with E-state index in [1.807, 2.05) is 14.1 Å². The van der Waals surface area contributed by atoms with Crippen LogP contribution < -0.4 is 0 Å². The molecule has 0 bridgehead atoms. The van der Waals surface area contributed by atoms with Crippen molar-refractivity contribution in [2.24, 2.45) is 0 Å². The molecule has 4 heteroatoms. The molecule has 0 aliphatic rings. The van der Waals surface area contributed by atoms with Gasteiger partial charge in [0.25, 0.3) is 0 Å². The van der Waals surface area contributed by atoms with Crippen molar-refractivity contribution in [2.45, 2.75) is 20.1 Å². The number of nitrogens with zero attached hydrogens (tertiary/aromatic N) is 3. The van der Waals surface area contributed by atoms with Crippen LogP contribution in [0.15, 0.2) is 18.2 Å². The van der Waals surface area contributed by atoms with Crippen molar-refractivity contribution in [3.05, 3.63) is 29.6 Å². The van der Waals surface area contributed by atoms with Crippen LogP contribution in [-0.2, 0) is 13.2 Å². The van der Waals surface area contributed by atoms with E-state index in [9.17, 15) is 5.11 Å². The van der Waals surface area contributed by atoms with Crippen LogP contribution in [0.4, 0.5) is 0 Å². The van der Waals surface area contributed by atoms with E-state index in [4.69, 9.17) is 0 Å². The van der Waals surface area contributed by atoms with Crippen LogP contribution in [-0.4, -0.2) is 40.2 Å². The molecule has 4 nitrogen and oxygen atoms in total. The molecule has 1 N–H and O–H groups in total. The number of likely N-dealkylation sites (N-methyl/N-ethyl adjacent to an activating group) is 1. The van der Waals surface area contributed by atoms with Gasteiger partial charge in [0.05, 0.1) is 11.0 Å². The monoisotopic (exact) mass is 233 g/mol. The average molecular weight is 233 g/mol. The molecule has 0 saturated carbocycles. The molecule has 17 heavy (non-hydrogen) atoms. The quantitative estimate of drug-likeness (QED) is 0.868. The molecule has 0 spiro atoms. The summed E-state index contributed by atoms with van der Waals surface area (Å²) in [5, 5.41) is 9.36. The molecule has 0 amide bonds. The number of benzene rings is 1. The van der Waals surface area contributed by atoms with Gasteiger partial charge in [0.2, 0.25) is 0 Å². The summed E-state index contributed by atoms with van der Waals surface area (Å²) in [6.07, 6.45) is 0. The van der Waals surface area contributed by atoms with Gasteiger partial charge >= 0.3 is 0 Å². The minimum atomic E-state index is -0.0127. The van der Waals surface area contributed by atoms with Crippen LogP contribution in [0.2, 0.25) is 0 Å². The van der Waals surface area contributed by atoms with Gasteiger partial charge in [0.15, 0.2) is 0 Å². The molecule has 0 fully saturated rings. The summed E-state index contributed by atoms with van der Waals surface area (Å²) in [5.74, 6) is 0.743. The Labute approximate surface area is 101 Å². The molecule has 92 valence electrons. The van der Waals surface area contributed by atoms with Crippen LogP contribution in [0.3, 0.4) is 0 Å².